The summed E-state index contributed by atoms with van der Waals surface area (Å²) in [5.74, 6) is -8.27. The Hall–Kier alpha value is -4.04. The highest BCUT2D eigenvalue weighted by Gasteiger charge is 2.43. The summed E-state index contributed by atoms with van der Waals surface area (Å²) >= 11 is 0. The number of aromatic nitrogens is 2. The van der Waals surface area contributed by atoms with Gasteiger partial charge in [0.1, 0.15) is 0 Å². The van der Waals surface area contributed by atoms with Crippen LogP contribution in [0.25, 0.3) is 0 Å². The normalized spacial score (nSPS) is 19.6. The molecule has 2 aromatic heterocycles. The fraction of sp³-hybridized carbons (Fsp3) is 0.500. The van der Waals surface area contributed by atoms with E-state index in [0.717, 1.165) is 49.5 Å². The summed E-state index contributed by atoms with van der Waals surface area (Å²) < 4.78 is 107. The molecule has 3 atom stereocenters. The van der Waals surface area contributed by atoms with Crippen molar-refractivity contribution >= 4 is 17.9 Å². The summed E-state index contributed by atoms with van der Waals surface area (Å²) in [4.78, 5) is 37.9. The molecule has 20 heteroatoms. The van der Waals surface area contributed by atoms with Gasteiger partial charge >= 0.3 is 36.4 Å². The zero-order valence-electron chi connectivity index (χ0n) is 23.6. The molecule has 258 valence electrons. The van der Waals surface area contributed by atoms with Crippen LogP contribution in [0.1, 0.15) is 29.8 Å². The number of halogens is 9. The Morgan fingerprint density at radius 2 is 1.37 bits per heavy atom. The van der Waals surface area contributed by atoms with E-state index in [4.69, 9.17) is 39.2 Å². The first-order valence-electron chi connectivity index (χ1n) is 12.8. The van der Waals surface area contributed by atoms with E-state index in [2.05, 4.69) is 27.0 Å². The van der Waals surface area contributed by atoms with Crippen LogP contribution in [0.3, 0.4) is 0 Å². The van der Waals surface area contributed by atoms with E-state index in [0.29, 0.717) is 12.6 Å². The topological polar surface area (TPSA) is 159 Å². The van der Waals surface area contributed by atoms with Crippen molar-refractivity contribution in [3.8, 4) is 0 Å². The number of alkyl halides is 9. The zero-order valence-corrected chi connectivity index (χ0v) is 23.6. The Bertz CT molecular complexity index is 1200. The number of carboxylic acid groups (broad SMARTS) is 3. The summed E-state index contributed by atoms with van der Waals surface area (Å²) in [5.41, 5.74) is 3.38. The highest BCUT2D eigenvalue weighted by molar-refractivity contribution is 5.73. The number of carbonyl (C=O) groups is 3. The van der Waals surface area contributed by atoms with Gasteiger partial charge in [0.25, 0.3) is 0 Å². The number of morpholine rings is 1. The number of ether oxygens (including phenoxy) is 2. The van der Waals surface area contributed by atoms with Crippen molar-refractivity contribution in [2.24, 2.45) is 0 Å². The molecule has 2 aromatic rings. The maximum atomic E-state index is 10.6. The molecule has 46 heavy (non-hydrogen) atoms. The fourth-order valence-electron chi connectivity index (χ4n) is 3.94. The first-order chi connectivity index (χ1) is 21.1. The van der Waals surface area contributed by atoms with Gasteiger partial charge in [0, 0.05) is 37.2 Å². The van der Waals surface area contributed by atoms with Gasteiger partial charge in [-0.15, -0.1) is 0 Å². The lowest BCUT2D eigenvalue weighted by Gasteiger charge is -2.38. The average Bonchev–Trinajstić information content (AvgIpc) is 3.36. The number of fused-ring (bicyclic) bond motifs is 1. The molecule has 2 fully saturated rings. The van der Waals surface area contributed by atoms with Gasteiger partial charge < -0.3 is 24.8 Å². The number of hydrogen-bond donors (Lipinski definition) is 3. The van der Waals surface area contributed by atoms with Gasteiger partial charge in [0.15, 0.2) is 0 Å². The molecule has 2 aliphatic rings. The molecule has 0 unspecified atom stereocenters. The number of pyridine rings is 2. The number of carboxylic acids is 3. The maximum Gasteiger partial charge on any atom is 0.490 e. The lowest BCUT2D eigenvalue weighted by atomic mass is 10.1. The summed E-state index contributed by atoms with van der Waals surface area (Å²) in [7, 11) is 0. The van der Waals surface area contributed by atoms with Gasteiger partial charge in [-0.05, 0) is 49.6 Å². The maximum absolute atomic E-state index is 10.6. The molecular formula is C26H28F9N3O8. The smallest absolute Gasteiger partial charge is 0.475 e. The summed E-state index contributed by atoms with van der Waals surface area (Å²) in [5, 5.41) is 21.4. The van der Waals surface area contributed by atoms with E-state index >= 15 is 0 Å². The lowest BCUT2D eigenvalue weighted by Crippen LogP contribution is -2.51. The average molecular weight is 682 g/mol. The molecular weight excluding hydrogens is 653 g/mol. The predicted octanol–water partition coefficient (Wildman–Crippen LogP) is 4.63. The van der Waals surface area contributed by atoms with Crippen molar-refractivity contribution in [3.63, 3.8) is 0 Å². The second-order valence-electron chi connectivity index (χ2n) is 9.33. The van der Waals surface area contributed by atoms with Crippen LogP contribution in [0, 0.1) is 6.92 Å². The Morgan fingerprint density at radius 1 is 0.870 bits per heavy atom. The van der Waals surface area contributed by atoms with Crippen molar-refractivity contribution < 1.29 is 78.7 Å². The summed E-state index contributed by atoms with van der Waals surface area (Å²) in [6, 6.07) is 10.7. The monoisotopic (exact) mass is 681 g/mol. The third kappa shape index (κ3) is 14.8. The summed E-state index contributed by atoms with van der Waals surface area (Å²) in [6.07, 6.45) is -9.12. The van der Waals surface area contributed by atoms with E-state index < -0.39 is 36.4 Å². The number of aliphatic carboxylic acids is 3. The van der Waals surface area contributed by atoms with Crippen molar-refractivity contribution in [1.29, 1.82) is 0 Å². The molecule has 0 radical (unpaired) electrons. The number of nitrogens with zero attached hydrogens (tertiary/aromatic N) is 3. The largest absolute Gasteiger partial charge is 0.490 e. The molecule has 0 spiro atoms. The molecule has 0 bridgehead atoms. The van der Waals surface area contributed by atoms with Crippen molar-refractivity contribution in [1.82, 2.24) is 14.9 Å². The second-order valence-corrected chi connectivity index (χ2v) is 9.33. The molecule has 3 N–H and O–H groups in total. The van der Waals surface area contributed by atoms with Crippen LogP contribution < -0.4 is 0 Å². The summed E-state index contributed by atoms with van der Waals surface area (Å²) in [6.45, 7) is 5.29. The number of rotatable bonds is 5. The minimum Gasteiger partial charge on any atom is -0.475 e. The Labute approximate surface area is 254 Å². The highest BCUT2D eigenvalue weighted by Crippen LogP contribution is 2.33. The fourth-order valence-corrected chi connectivity index (χ4v) is 3.94. The van der Waals surface area contributed by atoms with E-state index in [-0.39, 0.29) is 12.2 Å². The third-order valence-corrected chi connectivity index (χ3v) is 5.90. The molecule has 0 aromatic carbocycles. The third-order valence-electron chi connectivity index (χ3n) is 5.90. The quantitative estimate of drug-likeness (QED) is 0.378. The number of hydrogen-bond acceptors (Lipinski definition) is 8. The molecule has 3 heterocycles. The zero-order chi connectivity index (χ0) is 35.3. The minimum atomic E-state index is -5.08. The number of aryl methyl sites for hydroxylation is 1. The molecule has 11 nitrogen and oxygen atoms in total. The first-order valence-corrected chi connectivity index (χ1v) is 12.8. The highest BCUT2D eigenvalue weighted by atomic mass is 19.4. The van der Waals surface area contributed by atoms with Crippen LogP contribution in [0.2, 0.25) is 0 Å². The SMILES string of the molecule is Cc1cccc(CN2CCO[C@H]3[C@H](OCc4ccncc4)CC[C@@H]32)n1.O=C(O)C(F)(F)F.O=C(O)C(F)(F)F.O=C(O)C(F)(F)F. The van der Waals surface area contributed by atoms with Gasteiger partial charge in [0.2, 0.25) is 0 Å². The van der Waals surface area contributed by atoms with Gasteiger partial charge in [0.05, 0.1) is 31.1 Å². The van der Waals surface area contributed by atoms with E-state index in [9.17, 15) is 39.5 Å². The van der Waals surface area contributed by atoms with Crippen molar-refractivity contribution in [2.45, 2.75) is 69.7 Å². The standard InChI is InChI=1S/C20H25N3O2.3C2HF3O2/c1-15-3-2-4-17(22-15)13-23-11-12-24-20-18(23)5-6-19(20)25-14-16-7-9-21-10-8-16;3*3-2(4,5)1(6)7/h2-4,7-10,18-20H,5-6,11-14H2,1H3;3*(H,6,7)/t18-,19+,20+;;;/m0.../s1. The molecule has 1 saturated heterocycles. The van der Waals surface area contributed by atoms with Crippen LogP contribution in [0.4, 0.5) is 39.5 Å². The minimum absolute atomic E-state index is 0.167. The van der Waals surface area contributed by atoms with Gasteiger partial charge in [-0.3, -0.25) is 14.9 Å². The Morgan fingerprint density at radius 3 is 1.83 bits per heavy atom. The van der Waals surface area contributed by atoms with E-state index in [1.165, 1.54) is 0 Å². The van der Waals surface area contributed by atoms with Crippen molar-refractivity contribution in [3.05, 3.63) is 59.7 Å². The van der Waals surface area contributed by atoms with Gasteiger partial charge in [-0.1, -0.05) is 6.07 Å². The molecule has 1 aliphatic carbocycles. The van der Waals surface area contributed by atoms with Gasteiger partial charge in [-0.2, -0.15) is 39.5 Å². The Kier molecular flexibility index (Phi) is 15.3. The van der Waals surface area contributed by atoms with Crippen LogP contribution in [0.15, 0.2) is 42.7 Å². The van der Waals surface area contributed by atoms with Crippen molar-refractivity contribution in [2.75, 3.05) is 13.2 Å². The molecule has 1 aliphatic heterocycles. The first kappa shape index (κ1) is 40.0. The van der Waals surface area contributed by atoms with Crippen LogP contribution in [-0.4, -0.2) is 98.0 Å². The lowest BCUT2D eigenvalue weighted by molar-refractivity contribution is -0.193. The van der Waals surface area contributed by atoms with Gasteiger partial charge in [-0.25, -0.2) is 14.4 Å². The predicted molar refractivity (Wildman–Crippen MR) is 136 cm³/mol. The van der Waals surface area contributed by atoms with Crippen LogP contribution in [0.5, 0.6) is 0 Å². The molecule has 0 amide bonds. The van der Waals surface area contributed by atoms with E-state index in [1.54, 1.807) is 0 Å². The molecule has 1 saturated carbocycles. The second kappa shape index (κ2) is 17.6. The van der Waals surface area contributed by atoms with Crippen LogP contribution >= 0.6 is 0 Å². The van der Waals surface area contributed by atoms with Crippen LogP contribution in [-0.2, 0) is 37.0 Å². The van der Waals surface area contributed by atoms with E-state index in [1.807, 2.05) is 37.5 Å². The Balaban J connectivity index is 0.000000413. The molecule has 4 rings (SSSR count).